The summed E-state index contributed by atoms with van der Waals surface area (Å²) in [6, 6.07) is 0. The van der Waals surface area contributed by atoms with Crippen molar-refractivity contribution in [3.05, 3.63) is 13.2 Å². The van der Waals surface area contributed by atoms with Gasteiger partial charge in [-0.05, 0) is 24.9 Å². The van der Waals surface area contributed by atoms with E-state index in [0.29, 0.717) is 0 Å². The standard InChI is InChI=1S/C5H15O9P3.2C3H5N.C3H9O2P/c1-9-15(5,6)13-17(8,12-4)14-16(7,10-2)11-3;2*1-3-4-2;1-4-6(3)5-2/h1-5H3;2*1H2,2H3;1-3H3. The van der Waals surface area contributed by atoms with Crippen molar-refractivity contribution >= 4 is 43.4 Å². The topological polar surface area (TPSA) is 150 Å². The number of hydrogen-bond donors (Lipinski definition) is 0. The molecule has 31 heavy (non-hydrogen) atoms. The maximum atomic E-state index is 11.8. The van der Waals surface area contributed by atoms with Gasteiger partial charge in [-0.15, -0.1) is 0 Å². The molecule has 0 amide bonds. The minimum atomic E-state index is -4.39. The van der Waals surface area contributed by atoms with Crippen molar-refractivity contribution in [3.63, 3.8) is 0 Å². The fourth-order valence-corrected chi connectivity index (χ4v) is 5.09. The Morgan fingerprint density at radius 1 is 0.710 bits per heavy atom. The minimum absolute atomic E-state index is 0.576. The van der Waals surface area contributed by atoms with Crippen LogP contribution in [0.1, 0.15) is 0 Å². The highest BCUT2D eigenvalue weighted by Gasteiger charge is 2.42. The smallest absolute Gasteiger partial charge is 0.338 e. The average Bonchev–Trinajstić information content (AvgIpc) is 2.78. The maximum absolute atomic E-state index is 11.8. The zero-order valence-corrected chi connectivity index (χ0v) is 23.2. The molecule has 0 aromatic carbocycles. The summed E-state index contributed by atoms with van der Waals surface area (Å²) >= 11 is 0. The van der Waals surface area contributed by atoms with Gasteiger partial charge in [0.05, 0.1) is 0 Å². The summed E-state index contributed by atoms with van der Waals surface area (Å²) in [6.07, 6.45) is 0. The zero-order valence-electron chi connectivity index (χ0n) is 19.6. The molecule has 0 radical (unpaired) electrons. The molecule has 0 spiro atoms. The van der Waals surface area contributed by atoms with Crippen molar-refractivity contribution in [1.82, 2.24) is 0 Å². The van der Waals surface area contributed by atoms with Crippen molar-refractivity contribution in [2.75, 3.05) is 70.1 Å². The molecule has 0 N–H and O–H groups in total. The lowest BCUT2D eigenvalue weighted by Gasteiger charge is -2.21. The van der Waals surface area contributed by atoms with Gasteiger partial charge >= 0.3 is 23.2 Å². The molecule has 0 aliphatic rings. The van der Waals surface area contributed by atoms with Gasteiger partial charge in [0.1, 0.15) is 0 Å². The van der Waals surface area contributed by atoms with Crippen molar-refractivity contribution in [2.24, 2.45) is 9.98 Å². The van der Waals surface area contributed by atoms with Crippen LogP contribution >= 0.6 is 31.6 Å². The fourth-order valence-electron chi connectivity index (χ4n) is 0.635. The largest absolute Gasteiger partial charge is 0.490 e. The first kappa shape index (κ1) is 38.0. The lowest BCUT2D eigenvalue weighted by Crippen LogP contribution is -1.99. The normalized spacial score (nSPS) is 13.8. The van der Waals surface area contributed by atoms with Crippen LogP contribution in [0, 0.1) is 0 Å². The third-order valence-corrected chi connectivity index (χ3v) is 8.90. The first-order chi connectivity index (χ1) is 14.3. The number of hydrogen-bond acceptors (Lipinski definition) is 13. The number of aliphatic imine (C=N–C) groups is 2. The lowest BCUT2D eigenvalue weighted by atomic mass is 11.1. The third-order valence-electron chi connectivity index (χ3n) is 2.28. The number of rotatable bonds is 10. The average molecular weight is 530 g/mol. The summed E-state index contributed by atoms with van der Waals surface area (Å²) in [5.74, 6) is 4.61. The Hall–Kier alpha value is -0.300. The molecule has 2 unspecified atom stereocenters. The van der Waals surface area contributed by atoms with Gasteiger partial charge in [0.2, 0.25) is 0 Å². The molecular weight excluding hydrogens is 496 g/mol. The number of phosphoric acid groups is 2. The summed E-state index contributed by atoms with van der Waals surface area (Å²) in [4.78, 5) is 6.75. The van der Waals surface area contributed by atoms with E-state index in [-0.39, 0.29) is 0 Å². The Morgan fingerprint density at radius 3 is 1.19 bits per heavy atom. The highest BCUT2D eigenvalue weighted by Crippen LogP contribution is 2.70. The van der Waals surface area contributed by atoms with Crippen molar-refractivity contribution < 1.29 is 49.5 Å². The van der Waals surface area contributed by atoms with E-state index in [2.05, 4.69) is 61.6 Å². The highest BCUT2D eigenvalue weighted by molar-refractivity contribution is 7.69. The molecule has 0 aliphatic carbocycles. The van der Waals surface area contributed by atoms with Crippen LogP contribution in [0.15, 0.2) is 23.1 Å². The van der Waals surface area contributed by atoms with Crippen LogP contribution in [0.3, 0.4) is 0 Å². The van der Waals surface area contributed by atoms with E-state index in [1.165, 1.54) is 0 Å². The zero-order chi connectivity index (χ0) is 25.6. The van der Waals surface area contributed by atoms with Crippen molar-refractivity contribution in [1.29, 1.82) is 0 Å². The molecule has 17 heteroatoms. The predicted molar refractivity (Wildman–Crippen MR) is 124 cm³/mol. The van der Waals surface area contributed by atoms with E-state index >= 15 is 0 Å². The van der Waals surface area contributed by atoms with Gasteiger partial charge in [0.25, 0.3) is 0 Å². The first-order valence-corrected chi connectivity index (χ1v) is 14.3. The molecule has 0 saturated carbocycles. The van der Waals surface area contributed by atoms with Gasteiger partial charge in [-0.2, -0.15) is 4.31 Å². The molecule has 0 aromatic heterocycles. The van der Waals surface area contributed by atoms with E-state index in [1.54, 1.807) is 28.3 Å². The van der Waals surface area contributed by atoms with Gasteiger partial charge in [-0.25, -0.2) is 23.4 Å². The van der Waals surface area contributed by atoms with E-state index in [9.17, 15) is 13.7 Å². The molecule has 2 atom stereocenters. The quantitative estimate of drug-likeness (QED) is 0.283. The van der Waals surface area contributed by atoms with Crippen molar-refractivity contribution in [2.45, 2.75) is 0 Å². The Balaban J connectivity index is -0.000000211. The van der Waals surface area contributed by atoms with Crippen LogP contribution < -0.4 is 0 Å². The summed E-state index contributed by atoms with van der Waals surface area (Å²) in [5.41, 5.74) is 0. The molecule has 186 valence electrons. The molecule has 0 heterocycles. The molecule has 0 bridgehead atoms. The number of nitrogens with zero attached hydrogens (tertiary/aromatic N) is 2. The second-order valence-corrected chi connectivity index (χ2v) is 11.8. The van der Waals surface area contributed by atoms with Crippen LogP contribution in [0.5, 0.6) is 0 Å². The lowest BCUT2D eigenvalue weighted by molar-refractivity contribution is 0.170. The maximum Gasteiger partial charge on any atom is 0.490 e. The second-order valence-electron chi connectivity index (χ2n) is 4.13. The monoisotopic (exact) mass is 530 g/mol. The summed E-state index contributed by atoms with van der Waals surface area (Å²) in [5, 5.41) is 0. The Morgan fingerprint density at radius 2 is 1.03 bits per heavy atom. The second kappa shape index (κ2) is 22.9. The number of phosphoric ester groups is 1. The molecule has 0 saturated heterocycles. The molecule has 0 aliphatic heterocycles. The molecular formula is C14H34N2O11P4. The van der Waals surface area contributed by atoms with Gasteiger partial charge in [-0.1, -0.05) is 0 Å². The van der Waals surface area contributed by atoms with Gasteiger partial charge < -0.3 is 13.6 Å². The highest BCUT2D eigenvalue weighted by atomic mass is 31.3. The third kappa shape index (κ3) is 25.8. The Bertz CT molecular complexity index is 651. The van der Waals surface area contributed by atoms with E-state index in [0.717, 1.165) is 35.1 Å². The van der Waals surface area contributed by atoms with Crippen LogP contribution in [0.2, 0.25) is 0 Å². The van der Waals surface area contributed by atoms with E-state index in [4.69, 9.17) is 9.05 Å². The van der Waals surface area contributed by atoms with Crippen LogP contribution in [-0.4, -0.2) is 81.8 Å². The van der Waals surface area contributed by atoms with Crippen LogP contribution in [0.25, 0.3) is 0 Å². The molecule has 13 nitrogen and oxygen atoms in total. The van der Waals surface area contributed by atoms with E-state index < -0.39 is 31.6 Å². The summed E-state index contributed by atoms with van der Waals surface area (Å²) in [7, 11) is -2.17. The predicted octanol–water partition coefficient (Wildman–Crippen LogP) is 4.81. The molecule has 0 aromatic rings. The summed E-state index contributed by atoms with van der Waals surface area (Å²) < 4.78 is 71.0. The SMILES string of the molecule is C=C=NC.C=C=NC.COP(C)(=O)OP(=O)(OC)OP(=O)(OC)OC.COP(C)OC. The molecule has 0 rings (SSSR count). The van der Waals surface area contributed by atoms with Gasteiger partial charge in [0.15, 0.2) is 8.38 Å². The fraction of sp³-hybridized carbons (Fsp3) is 0.714. The summed E-state index contributed by atoms with van der Waals surface area (Å²) in [6.45, 7) is 9.31. The first-order valence-electron chi connectivity index (χ1n) is 7.77. The van der Waals surface area contributed by atoms with Gasteiger partial charge in [0, 0.05) is 70.1 Å². The Kier molecular flexibility index (Phi) is 28.0. The molecule has 0 fully saturated rings. The van der Waals surface area contributed by atoms with Gasteiger partial charge in [-0.3, -0.25) is 18.1 Å². The van der Waals surface area contributed by atoms with Crippen LogP contribution in [0.4, 0.5) is 0 Å². The van der Waals surface area contributed by atoms with E-state index in [1.807, 2.05) is 6.66 Å². The van der Waals surface area contributed by atoms with Crippen LogP contribution in [-0.2, 0) is 49.5 Å². The minimum Gasteiger partial charge on any atom is -0.338 e. The van der Waals surface area contributed by atoms with Crippen molar-refractivity contribution in [3.8, 4) is 0 Å². The Labute approximate surface area is 186 Å².